The van der Waals surface area contributed by atoms with Crippen LogP contribution in [0.2, 0.25) is 5.02 Å². The van der Waals surface area contributed by atoms with Crippen LogP contribution in [0.1, 0.15) is 5.56 Å². The Balaban J connectivity index is 2.32. The maximum absolute atomic E-state index is 11.8. The fourth-order valence-corrected chi connectivity index (χ4v) is 1.44. The highest BCUT2D eigenvalue weighted by molar-refractivity contribution is 6.30. The lowest BCUT2D eigenvalue weighted by Gasteiger charge is -2.08. The van der Waals surface area contributed by atoms with E-state index in [4.69, 9.17) is 11.6 Å². The Bertz CT molecular complexity index is 630. The summed E-state index contributed by atoms with van der Waals surface area (Å²) in [5, 5.41) is 3.54. The standard InChI is InChI=1S/C14H12ClF3N2O4/c15-10-4-1-9(2-5-10)3-6-12(22)24-7-11(21)20-13(23)19-8-14(16,17)18/h1-6H,7-8H2,(H2,19,20,21,23)/b6-3+. The van der Waals surface area contributed by atoms with E-state index in [1.54, 1.807) is 29.6 Å². The minimum Gasteiger partial charge on any atom is -0.452 e. The van der Waals surface area contributed by atoms with E-state index in [9.17, 15) is 27.6 Å². The number of benzene rings is 1. The first-order valence-electron chi connectivity index (χ1n) is 6.40. The molecule has 1 aromatic rings. The van der Waals surface area contributed by atoms with Crippen LogP contribution in [-0.4, -0.2) is 37.2 Å². The third-order valence-electron chi connectivity index (χ3n) is 2.33. The smallest absolute Gasteiger partial charge is 0.405 e. The number of halogens is 4. The van der Waals surface area contributed by atoms with Crippen LogP contribution in [0.15, 0.2) is 30.3 Å². The molecule has 0 spiro atoms. The Morgan fingerprint density at radius 3 is 2.38 bits per heavy atom. The quantitative estimate of drug-likeness (QED) is 0.620. The first kappa shape index (κ1) is 19.5. The Hall–Kier alpha value is -2.55. The number of amides is 3. The largest absolute Gasteiger partial charge is 0.452 e. The lowest BCUT2D eigenvalue weighted by atomic mass is 10.2. The van der Waals surface area contributed by atoms with E-state index < -0.39 is 37.2 Å². The maximum Gasteiger partial charge on any atom is 0.405 e. The van der Waals surface area contributed by atoms with Crippen molar-refractivity contribution in [2.24, 2.45) is 0 Å². The third kappa shape index (κ3) is 8.79. The van der Waals surface area contributed by atoms with E-state index in [1.165, 1.54) is 11.4 Å². The summed E-state index contributed by atoms with van der Waals surface area (Å²) in [6.07, 6.45) is -2.15. The average Bonchev–Trinajstić information content (AvgIpc) is 2.50. The summed E-state index contributed by atoms with van der Waals surface area (Å²) < 4.78 is 40.1. The van der Waals surface area contributed by atoms with Crippen molar-refractivity contribution in [3.8, 4) is 0 Å². The number of carbonyl (C=O) groups is 3. The number of esters is 1. The zero-order valence-corrected chi connectivity index (χ0v) is 12.8. The number of carbonyl (C=O) groups excluding carboxylic acids is 3. The molecule has 24 heavy (non-hydrogen) atoms. The van der Waals surface area contributed by atoms with Crippen molar-refractivity contribution in [1.29, 1.82) is 0 Å². The number of ether oxygens (including phenoxy) is 1. The third-order valence-corrected chi connectivity index (χ3v) is 2.58. The van der Waals surface area contributed by atoms with Crippen molar-refractivity contribution in [2.75, 3.05) is 13.2 Å². The number of alkyl halides is 3. The van der Waals surface area contributed by atoms with Gasteiger partial charge in [0.1, 0.15) is 6.54 Å². The first-order chi connectivity index (χ1) is 11.2. The first-order valence-corrected chi connectivity index (χ1v) is 6.78. The molecule has 130 valence electrons. The monoisotopic (exact) mass is 364 g/mol. The van der Waals surface area contributed by atoms with Crippen LogP contribution in [0, 0.1) is 0 Å². The molecule has 10 heteroatoms. The fraction of sp³-hybridized carbons (Fsp3) is 0.214. The SMILES string of the molecule is O=C(COC(=O)/C=C/c1ccc(Cl)cc1)NC(=O)NCC(F)(F)F. The topological polar surface area (TPSA) is 84.5 Å². The molecule has 0 aromatic heterocycles. The Morgan fingerprint density at radius 1 is 1.17 bits per heavy atom. The van der Waals surface area contributed by atoms with E-state index in [0.717, 1.165) is 6.08 Å². The van der Waals surface area contributed by atoms with Gasteiger partial charge in [-0.3, -0.25) is 10.1 Å². The van der Waals surface area contributed by atoms with Gasteiger partial charge in [-0.25, -0.2) is 9.59 Å². The number of hydrogen-bond donors (Lipinski definition) is 2. The zero-order valence-electron chi connectivity index (χ0n) is 12.0. The summed E-state index contributed by atoms with van der Waals surface area (Å²) in [4.78, 5) is 33.6. The summed E-state index contributed by atoms with van der Waals surface area (Å²) in [5.41, 5.74) is 0.660. The molecule has 0 aliphatic rings. The molecule has 0 heterocycles. The van der Waals surface area contributed by atoms with Gasteiger partial charge in [0.25, 0.3) is 5.91 Å². The van der Waals surface area contributed by atoms with Crippen molar-refractivity contribution in [2.45, 2.75) is 6.18 Å². The molecular weight excluding hydrogens is 353 g/mol. The van der Waals surface area contributed by atoms with Gasteiger partial charge in [-0.05, 0) is 23.8 Å². The van der Waals surface area contributed by atoms with E-state index in [-0.39, 0.29) is 0 Å². The Morgan fingerprint density at radius 2 is 1.79 bits per heavy atom. The highest BCUT2D eigenvalue weighted by Crippen LogP contribution is 2.12. The van der Waals surface area contributed by atoms with E-state index >= 15 is 0 Å². The summed E-state index contributed by atoms with van der Waals surface area (Å²) in [5.74, 6) is -1.93. The summed E-state index contributed by atoms with van der Waals surface area (Å²) in [7, 11) is 0. The average molecular weight is 365 g/mol. The van der Waals surface area contributed by atoms with Crippen molar-refractivity contribution in [3.63, 3.8) is 0 Å². The van der Waals surface area contributed by atoms with Gasteiger partial charge in [-0.15, -0.1) is 0 Å². The van der Waals surface area contributed by atoms with Crippen molar-refractivity contribution in [1.82, 2.24) is 10.6 Å². The Kier molecular flexibility index (Phi) is 7.25. The molecule has 0 unspecified atom stereocenters. The molecule has 0 atom stereocenters. The number of imide groups is 1. The maximum atomic E-state index is 11.8. The highest BCUT2D eigenvalue weighted by atomic mass is 35.5. The molecule has 0 radical (unpaired) electrons. The number of hydrogen-bond acceptors (Lipinski definition) is 4. The normalized spacial score (nSPS) is 11.2. The van der Waals surface area contributed by atoms with Crippen LogP contribution in [0.4, 0.5) is 18.0 Å². The summed E-state index contributed by atoms with van der Waals surface area (Å²) in [6.45, 7) is -2.40. The van der Waals surface area contributed by atoms with Crippen molar-refractivity contribution in [3.05, 3.63) is 40.9 Å². The highest BCUT2D eigenvalue weighted by Gasteiger charge is 2.27. The predicted octanol–water partition coefficient (Wildman–Crippen LogP) is 2.28. The molecule has 0 aliphatic heterocycles. The van der Waals surface area contributed by atoms with Crippen LogP contribution in [0.5, 0.6) is 0 Å². The second-order valence-corrected chi connectivity index (χ2v) is 4.78. The predicted molar refractivity (Wildman–Crippen MR) is 79.0 cm³/mol. The molecule has 1 rings (SSSR count). The molecule has 0 bridgehead atoms. The van der Waals surface area contributed by atoms with Crippen molar-refractivity contribution < 1.29 is 32.3 Å². The zero-order chi connectivity index (χ0) is 18.2. The number of urea groups is 1. The number of rotatable bonds is 5. The van der Waals surface area contributed by atoms with Gasteiger partial charge in [-0.1, -0.05) is 23.7 Å². The Labute approximate surface area is 139 Å². The lowest BCUT2D eigenvalue weighted by molar-refractivity contribution is -0.143. The van der Waals surface area contributed by atoms with Gasteiger partial charge >= 0.3 is 18.2 Å². The van der Waals surface area contributed by atoms with Crippen LogP contribution in [-0.2, 0) is 14.3 Å². The lowest BCUT2D eigenvalue weighted by Crippen LogP contribution is -2.44. The minimum atomic E-state index is -4.60. The molecule has 0 saturated carbocycles. The van der Waals surface area contributed by atoms with Gasteiger partial charge in [0.05, 0.1) is 0 Å². The molecule has 0 saturated heterocycles. The molecule has 2 N–H and O–H groups in total. The molecule has 1 aromatic carbocycles. The molecule has 6 nitrogen and oxygen atoms in total. The minimum absolute atomic E-state index is 0.523. The second-order valence-electron chi connectivity index (χ2n) is 4.34. The van der Waals surface area contributed by atoms with Crippen molar-refractivity contribution >= 4 is 35.6 Å². The summed E-state index contributed by atoms with van der Waals surface area (Å²) in [6, 6.07) is 5.16. The number of nitrogens with one attached hydrogen (secondary N) is 2. The van der Waals surface area contributed by atoms with E-state index in [0.29, 0.717) is 10.6 Å². The van der Waals surface area contributed by atoms with Gasteiger partial charge in [-0.2, -0.15) is 13.2 Å². The van der Waals surface area contributed by atoms with Gasteiger partial charge in [0, 0.05) is 11.1 Å². The van der Waals surface area contributed by atoms with Gasteiger partial charge < -0.3 is 10.1 Å². The molecule has 3 amide bonds. The van der Waals surface area contributed by atoms with Crippen LogP contribution < -0.4 is 10.6 Å². The second kappa shape index (κ2) is 8.92. The molecular formula is C14H12ClF3N2O4. The molecule has 0 aliphatic carbocycles. The van der Waals surface area contributed by atoms with Crippen LogP contribution >= 0.6 is 11.6 Å². The van der Waals surface area contributed by atoms with E-state index in [2.05, 4.69) is 4.74 Å². The van der Waals surface area contributed by atoms with Gasteiger partial charge in [0.2, 0.25) is 0 Å². The van der Waals surface area contributed by atoms with Gasteiger partial charge in [0.15, 0.2) is 6.61 Å². The van der Waals surface area contributed by atoms with Crippen LogP contribution in [0.25, 0.3) is 6.08 Å². The van der Waals surface area contributed by atoms with Crippen LogP contribution in [0.3, 0.4) is 0 Å². The fourth-order valence-electron chi connectivity index (χ4n) is 1.31. The molecule has 0 fully saturated rings. The summed E-state index contributed by atoms with van der Waals surface area (Å²) >= 11 is 5.69. The van der Waals surface area contributed by atoms with E-state index in [1.807, 2.05) is 0 Å².